The Bertz CT molecular complexity index is 1630. The van der Waals surface area contributed by atoms with E-state index in [1.54, 1.807) is 40.3 Å². The summed E-state index contributed by atoms with van der Waals surface area (Å²) in [7, 11) is 9.02. The van der Waals surface area contributed by atoms with Gasteiger partial charge in [0.15, 0.2) is 5.82 Å². The van der Waals surface area contributed by atoms with Crippen molar-refractivity contribution in [2.45, 2.75) is 27.7 Å². The number of carbonyl (C=O) groups excluding carboxylic acids is 5. The Morgan fingerprint density at radius 2 is 1.28 bits per heavy atom. The van der Waals surface area contributed by atoms with Crippen LogP contribution < -0.4 is 5.73 Å². The molecule has 3 rings (SSSR count). The van der Waals surface area contributed by atoms with E-state index in [-0.39, 0.29) is 22.9 Å². The number of amidine groups is 1. The Balaban J connectivity index is 0.000000381. The highest BCUT2D eigenvalue weighted by molar-refractivity contribution is 9.09. The molecule has 15 heteroatoms. The second-order valence-corrected chi connectivity index (χ2v) is 10.9. The molecule has 3 aromatic rings. The molecule has 0 radical (unpaired) electrons. The van der Waals surface area contributed by atoms with E-state index in [4.69, 9.17) is 15.9 Å². The minimum absolute atomic E-state index is 0.0438. The Kier molecular flexibility index (Phi) is 14.9. The largest absolute Gasteiger partial charge is 0.465 e. The van der Waals surface area contributed by atoms with Gasteiger partial charge in [0, 0.05) is 39.3 Å². The van der Waals surface area contributed by atoms with Crippen LogP contribution in [0, 0.1) is 33.1 Å². The average Bonchev–Trinajstić information content (AvgIpc) is 3.49. The number of nitrogens with zero attached hydrogens (tertiary/aromatic N) is 4. The monoisotopic (exact) mass is 701 g/mol. The van der Waals surface area contributed by atoms with Crippen molar-refractivity contribution in [2.75, 3.05) is 47.7 Å². The third kappa shape index (κ3) is 10.3. The maximum absolute atomic E-state index is 11.9. The number of ketones is 1. The summed E-state index contributed by atoms with van der Waals surface area (Å²) in [6.45, 7) is 7.41. The van der Waals surface area contributed by atoms with Crippen LogP contribution in [0.4, 0.5) is 0 Å². The summed E-state index contributed by atoms with van der Waals surface area (Å²) >= 11 is 2.89. The van der Waals surface area contributed by atoms with E-state index < -0.39 is 23.6 Å². The summed E-state index contributed by atoms with van der Waals surface area (Å²) in [5, 5.41) is 14.2. The van der Waals surface area contributed by atoms with E-state index in [2.05, 4.69) is 35.8 Å². The van der Waals surface area contributed by atoms with Crippen LogP contribution in [0.15, 0.2) is 24.3 Å². The highest BCUT2D eigenvalue weighted by Gasteiger charge is 2.19. The zero-order chi connectivity index (χ0) is 35.5. The Morgan fingerprint density at radius 1 is 0.804 bits per heavy atom. The van der Waals surface area contributed by atoms with Crippen molar-refractivity contribution in [3.8, 4) is 11.4 Å². The van der Waals surface area contributed by atoms with Crippen LogP contribution in [0.3, 0.4) is 0 Å². The standard InChI is InChI=1S/C15H18N4O3.C11H14N2O2.C5H8BrNO2/c1-8-6-9(2)11(15(21)22-5)7-10(8)12-16-13(18-17-12)14(20)19(3)4;1-6-4-7(2)9(11(14)15-3)5-8(6)10(12)13;1-7(2)5(9)4(8)3-6/h6-7H,1-5H3,(H,16,17,18);4-5H,1-3H3,(H3,12,13);3H2,1-2H3. The SMILES string of the molecule is CN(C)C(=O)C(=O)CBr.COC(=O)c1cc(-c2n[nH]c(C(=O)N(C)C)n2)c(C)cc1C.COC(=O)c1cc(C(=N)N)c(C)cc1C. The van der Waals surface area contributed by atoms with Crippen LogP contribution in [-0.2, 0) is 19.1 Å². The minimum Gasteiger partial charge on any atom is -0.465 e. The van der Waals surface area contributed by atoms with Crippen molar-refractivity contribution < 1.29 is 33.4 Å². The number of esters is 2. The number of rotatable bonds is 7. The lowest BCUT2D eigenvalue weighted by molar-refractivity contribution is -0.141. The van der Waals surface area contributed by atoms with Gasteiger partial charge in [0.1, 0.15) is 5.84 Å². The average molecular weight is 703 g/mol. The first kappa shape index (κ1) is 39.1. The lowest BCUT2D eigenvalue weighted by atomic mass is 9.99. The molecular formula is C31H40BrN7O7. The van der Waals surface area contributed by atoms with Gasteiger partial charge < -0.3 is 25.0 Å². The molecule has 0 atom stereocenters. The molecule has 0 aliphatic rings. The molecule has 0 bridgehead atoms. The summed E-state index contributed by atoms with van der Waals surface area (Å²) in [5.74, 6) is -1.50. The molecule has 0 fully saturated rings. The van der Waals surface area contributed by atoms with Crippen LogP contribution in [0.25, 0.3) is 11.4 Å². The van der Waals surface area contributed by atoms with Gasteiger partial charge in [0.05, 0.1) is 30.7 Å². The maximum atomic E-state index is 11.9. The summed E-state index contributed by atoms with van der Waals surface area (Å²) in [6, 6.07) is 6.97. The number of amides is 2. The lowest BCUT2D eigenvalue weighted by Crippen LogP contribution is -2.30. The van der Waals surface area contributed by atoms with Gasteiger partial charge in [-0.2, -0.15) is 5.10 Å². The van der Waals surface area contributed by atoms with Crippen LogP contribution in [0.1, 0.15) is 59.2 Å². The van der Waals surface area contributed by atoms with Gasteiger partial charge in [-0.05, 0) is 62.1 Å². The zero-order valence-corrected chi connectivity index (χ0v) is 29.2. The number of nitrogens with one attached hydrogen (secondary N) is 2. The van der Waals surface area contributed by atoms with Crippen LogP contribution in [0.5, 0.6) is 0 Å². The number of hydrogen-bond donors (Lipinski definition) is 3. The van der Waals surface area contributed by atoms with Gasteiger partial charge in [0.2, 0.25) is 11.6 Å². The number of aromatic amines is 1. The summed E-state index contributed by atoms with van der Waals surface area (Å²) in [4.78, 5) is 63.1. The fourth-order valence-corrected chi connectivity index (χ4v) is 4.13. The maximum Gasteiger partial charge on any atom is 0.338 e. The molecule has 2 amide bonds. The van der Waals surface area contributed by atoms with Gasteiger partial charge in [-0.3, -0.25) is 24.9 Å². The predicted molar refractivity (Wildman–Crippen MR) is 176 cm³/mol. The normalized spacial score (nSPS) is 9.89. The number of nitrogens with two attached hydrogens (primary N) is 1. The fraction of sp³-hybridized carbons (Fsp3) is 0.355. The van der Waals surface area contributed by atoms with Gasteiger partial charge in [-0.1, -0.05) is 28.1 Å². The quantitative estimate of drug-likeness (QED) is 0.108. The molecule has 1 heterocycles. The molecule has 2 aromatic carbocycles. The van der Waals surface area contributed by atoms with Gasteiger partial charge >= 0.3 is 11.9 Å². The number of nitrogen functional groups attached to an aromatic ring is 1. The van der Waals surface area contributed by atoms with E-state index in [1.165, 1.54) is 24.0 Å². The Labute approximate surface area is 276 Å². The molecule has 0 saturated heterocycles. The number of aryl methyl sites for hydroxylation is 4. The second-order valence-electron chi connectivity index (χ2n) is 10.3. The zero-order valence-electron chi connectivity index (χ0n) is 27.6. The molecule has 1 aromatic heterocycles. The van der Waals surface area contributed by atoms with Crippen molar-refractivity contribution in [3.05, 3.63) is 69.0 Å². The van der Waals surface area contributed by atoms with E-state index in [0.29, 0.717) is 28.1 Å². The minimum atomic E-state index is -0.466. The van der Waals surface area contributed by atoms with Crippen LogP contribution in [0.2, 0.25) is 0 Å². The van der Waals surface area contributed by atoms with E-state index in [1.807, 2.05) is 39.8 Å². The molecule has 0 unspecified atom stereocenters. The molecule has 46 heavy (non-hydrogen) atoms. The first-order valence-electron chi connectivity index (χ1n) is 13.6. The van der Waals surface area contributed by atoms with Crippen molar-refractivity contribution >= 4 is 51.3 Å². The topological polar surface area (TPSA) is 202 Å². The molecule has 0 spiro atoms. The molecule has 0 aliphatic heterocycles. The molecule has 0 aliphatic carbocycles. The molecular weight excluding hydrogens is 662 g/mol. The number of H-pyrrole nitrogens is 1. The predicted octanol–water partition coefficient (Wildman–Crippen LogP) is 2.99. The van der Waals surface area contributed by atoms with Crippen molar-refractivity contribution in [3.63, 3.8) is 0 Å². The first-order valence-corrected chi connectivity index (χ1v) is 14.7. The number of aromatic nitrogens is 3. The number of alkyl halides is 1. The van der Waals surface area contributed by atoms with Gasteiger partial charge in [-0.25, -0.2) is 14.6 Å². The molecule has 0 saturated carbocycles. The Hall–Kier alpha value is -4.92. The second kappa shape index (κ2) is 17.5. The third-order valence-electron chi connectivity index (χ3n) is 6.34. The third-order valence-corrected chi connectivity index (χ3v) is 6.85. The Morgan fingerprint density at radius 3 is 1.70 bits per heavy atom. The smallest absolute Gasteiger partial charge is 0.338 e. The molecule has 4 N–H and O–H groups in total. The van der Waals surface area contributed by atoms with Gasteiger partial charge in [-0.15, -0.1) is 0 Å². The number of benzene rings is 2. The molecule has 248 valence electrons. The van der Waals surface area contributed by atoms with Crippen molar-refractivity contribution in [1.29, 1.82) is 5.41 Å². The highest BCUT2D eigenvalue weighted by atomic mass is 79.9. The number of hydrogen-bond acceptors (Lipinski definition) is 10. The summed E-state index contributed by atoms with van der Waals surface area (Å²) in [5.41, 5.74) is 11.0. The fourth-order valence-electron chi connectivity index (χ4n) is 3.89. The highest BCUT2D eigenvalue weighted by Crippen LogP contribution is 2.24. The van der Waals surface area contributed by atoms with Gasteiger partial charge in [0.25, 0.3) is 11.8 Å². The number of methoxy groups -OCH3 is 2. The van der Waals surface area contributed by atoms with E-state index >= 15 is 0 Å². The number of carbonyl (C=O) groups is 5. The lowest BCUT2D eigenvalue weighted by Gasteiger charge is -2.09. The number of Topliss-reactive ketones (excluding diaryl/α,β-unsaturated/α-hetero) is 1. The van der Waals surface area contributed by atoms with E-state index in [0.717, 1.165) is 22.3 Å². The first-order chi connectivity index (χ1) is 21.4. The van der Waals surface area contributed by atoms with E-state index in [9.17, 15) is 24.0 Å². The number of halogens is 1. The summed E-state index contributed by atoms with van der Waals surface area (Å²) in [6.07, 6.45) is 0. The van der Waals surface area contributed by atoms with Crippen molar-refractivity contribution in [1.82, 2.24) is 25.0 Å². The number of ether oxygens (including phenoxy) is 2. The molecule has 14 nitrogen and oxygen atoms in total. The number of likely N-dealkylation sites (N-methyl/N-ethyl adjacent to an activating group) is 1. The van der Waals surface area contributed by atoms with Crippen LogP contribution in [-0.4, -0.2) is 108 Å². The van der Waals surface area contributed by atoms with Crippen molar-refractivity contribution in [2.24, 2.45) is 5.73 Å². The van der Waals surface area contributed by atoms with Crippen LogP contribution >= 0.6 is 15.9 Å². The summed E-state index contributed by atoms with van der Waals surface area (Å²) < 4.78 is 9.42.